The Morgan fingerprint density at radius 2 is 2.16 bits per heavy atom. The SMILES string of the molecule is CCc1nc2nc(C)c(Cl)cn2c1C(=O)NCc1ccc(N2CC[N-]C=N2)c(F)c1.[Pt]. The third-order valence-electron chi connectivity index (χ3n) is 4.83. The van der Waals surface area contributed by atoms with Crippen molar-refractivity contribution in [2.24, 2.45) is 5.10 Å². The smallest absolute Gasteiger partial charge is 0.270 e. The van der Waals surface area contributed by atoms with Crippen molar-refractivity contribution in [2.45, 2.75) is 26.8 Å². The summed E-state index contributed by atoms with van der Waals surface area (Å²) in [5.74, 6) is -0.313. The molecule has 1 N–H and O–H groups in total. The second-order valence-electron chi connectivity index (χ2n) is 6.83. The molecule has 1 aromatic carbocycles. The molecule has 1 amide bonds. The molecule has 11 heteroatoms. The molecule has 0 saturated heterocycles. The van der Waals surface area contributed by atoms with Gasteiger partial charge in [-0.15, -0.1) is 0 Å². The van der Waals surface area contributed by atoms with Gasteiger partial charge in [-0.2, -0.15) is 0 Å². The van der Waals surface area contributed by atoms with E-state index >= 15 is 0 Å². The first-order valence-corrected chi connectivity index (χ1v) is 9.93. The maximum Gasteiger partial charge on any atom is 0.270 e. The molecule has 0 unspecified atom stereocenters. The van der Waals surface area contributed by atoms with Gasteiger partial charge < -0.3 is 20.7 Å². The summed E-state index contributed by atoms with van der Waals surface area (Å²) in [7, 11) is 0. The van der Waals surface area contributed by atoms with Crippen LogP contribution in [0.2, 0.25) is 5.02 Å². The minimum atomic E-state index is -0.406. The van der Waals surface area contributed by atoms with Gasteiger partial charge in [0.2, 0.25) is 5.78 Å². The molecular formula is C20H20ClFN7OPt-. The van der Waals surface area contributed by atoms with E-state index in [2.05, 4.69) is 25.7 Å². The van der Waals surface area contributed by atoms with Crippen molar-refractivity contribution >= 4 is 35.3 Å². The number of imidazole rings is 1. The summed E-state index contributed by atoms with van der Waals surface area (Å²) in [6, 6.07) is 4.81. The van der Waals surface area contributed by atoms with Crippen LogP contribution in [0.1, 0.15) is 34.4 Å². The number of carbonyl (C=O) groups excluding carboxylic acids is 1. The third kappa shape index (κ3) is 4.72. The van der Waals surface area contributed by atoms with Crippen molar-refractivity contribution in [3.05, 3.63) is 63.2 Å². The number of hydrogen-bond acceptors (Lipinski definition) is 5. The van der Waals surface area contributed by atoms with E-state index in [9.17, 15) is 9.18 Å². The van der Waals surface area contributed by atoms with Crippen molar-refractivity contribution in [2.75, 3.05) is 18.1 Å². The van der Waals surface area contributed by atoms with Crippen LogP contribution in [0.15, 0.2) is 29.5 Å². The standard InChI is InChI=1S/C20H21ClFN7O.Pt/c1-3-16-18(28-10-14(21)12(2)26-20(28)27-16)19(30)24-9-13-4-5-17(15(22)8-13)29-7-6-23-11-25-29;/h4-5,8,10-11H,3,6-7,9H2,1-2H3,(H2,23,24,25,30);/p-1. The monoisotopic (exact) mass is 623 g/mol. The Kier molecular flexibility index (Phi) is 7.28. The largest absolute Gasteiger partial charge is 0.469 e. The quantitative estimate of drug-likeness (QED) is 0.472. The predicted octanol–water partition coefficient (Wildman–Crippen LogP) is 3.46. The Hall–Kier alpha value is -2.51. The number of nitrogens with one attached hydrogen (secondary N) is 1. The number of carbonyl (C=O) groups is 1. The fraction of sp³-hybridized carbons (Fsp3) is 0.300. The molecule has 2 aromatic heterocycles. The summed E-state index contributed by atoms with van der Waals surface area (Å²) < 4.78 is 16.1. The molecule has 0 aliphatic carbocycles. The van der Waals surface area contributed by atoms with Crippen LogP contribution in [-0.4, -0.2) is 39.7 Å². The number of nitrogens with zero attached hydrogens (tertiary/aromatic N) is 6. The summed E-state index contributed by atoms with van der Waals surface area (Å²) in [4.78, 5) is 21.7. The molecule has 0 atom stereocenters. The van der Waals surface area contributed by atoms with E-state index in [1.54, 1.807) is 34.7 Å². The van der Waals surface area contributed by atoms with E-state index in [-0.39, 0.29) is 33.5 Å². The van der Waals surface area contributed by atoms with Crippen molar-refractivity contribution < 1.29 is 30.3 Å². The minimum absolute atomic E-state index is 0. The first-order chi connectivity index (χ1) is 14.5. The van der Waals surface area contributed by atoms with Crippen molar-refractivity contribution in [3.63, 3.8) is 0 Å². The van der Waals surface area contributed by atoms with Gasteiger partial charge in [-0.25, -0.2) is 14.4 Å². The van der Waals surface area contributed by atoms with Crippen LogP contribution < -0.4 is 10.3 Å². The molecular weight excluding hydrogens is 604 g/mol. The van der Waals surface area contributed by atoms with Gasteiger partial charge in [-0.1, -0.05) is 30.9 Å². The Labute approximate surface area is 198 Å². The fourth-order valence-corrected chi connectivity index (χ4v) is 3.39. The molecule has 4 rings (SSSR count). The average molecular weight is 624 g/mol. The molecule has 3 heterocycles. The zero-order valence-corrected chi connectivity index (χ0v) is 19.9. The summed E-state index contributed by atoms with van der Waals surface area (Å²) in [6.45, 7) is 4.95. The average Bonchev–Trinajstić information content (AvgIpc) is 3.10. The topological polar surface area (TPSA) is 89.0 Å². The van der Waals surface area contributed by atoms with E-state index < -0.39 is 5.82 Å². The first-order valence-electron chi connectivity index (χ1n) is 9.55. The summed E-state index contributed by atoms with van der Waals surface area (Å²) >= 11 is 6.18. The molecule has 0 spiro atoms. The molecule has 1 aliphatic rings. The number of anilines is 1. The number of fused-ring (bicyclic) bond motifs is 1. The Morgan fingerprint density at radius 3 is 2.84 bits per heavy atom. The third-order valence-corrected chi connectivity index (χ3v) is 5.20. The predicted molar refractivity (Wildman–Crippen MR) is 114 cm³/mol. The second-order valence-corrected chi connectivity index (χ2v) is 7.24. The number of hydrazone groups is 1. The van der Waals surface area contributed by atoms with E-state index in [1.165, 1.54) is 12.4 Å². The van der Waals surface area contributed by atoms with Gasteiger partial charge in [0.1, 0.15) is 11.5 Å². The zero-order valence-electron chi connectivity index (χ0n) is 16.9. The van der Waals surface area contributed by atoms with Gasteiger partial charge in [-0.3, -0.25) is 9.20 Å². The van der Waals surface area contributed by atoms with Gasteiger partial charge in [0.15, 0.2) is 0 Å². The van der Waals surface area contributed by atoms with Crippen LogP contribution in [0, 0.1) is 12.7 Å². The maximum atomic E-state index is 14.5. The first kappa shape index (κ1) is 23.2. The number of rotatable bonds is 5. The molecule has 0 saturated carbocycles. The summed E-state index contributed by atoms with van der Waals surface area (Å²) in [6.07, 6.45) is 3.62. The van der Waals surface area contributed by atoms with Crippen molar-refractivity contribution in [1.29, 1.82) is 0 Å². The maximum absolute atomic E-state index is 14.5. The molecule has 8 nitrogen and oxygen atoms in total. The van der Waals surface area contributed by atoms with E-state index in [1.807, 2.05) is 6.92 Å². The molecule has 31 heavy (non-hydrogen) atoms. The van der Waals surface area contributed by atoms with Gasteiger partial charge in [0.05, 0.1) is 22.1 Å². The Morgan fingerprint density at radius 1 is 1.35 bits per heavy atom. The molecule has 0 radical (unpaired) electrons. The number of hydrogen-bond donors (Lipinski definition) is 1. The van der Waals surface area contributed by atoms with Crippen LogP contribution in [-0.2, 0) is 34.0 Å². The van der Waals surface area contributed by atoms with E-state index in [0.717, 1.165) is 0 Å². The molecule has 3 aromatic rings. The van der Waals surface area contributed by atoms with Crippen molar-refractivity contribution in [1.82, 2.24) is 19.7 Å². The van der Waals surface area contributed by atoms with Crippen molar-refractivity contribution in [3.8, 4) is 0 Å². The van der Waals surface area contributed by atoms with Crippen LogP contribution in [0.4, 0.5) is 10.1 Å². The zero-order chi connectivity index (χ0) is 21.3. The van der Waals surface area contributed by atoms with Gasteiger partial charge in [0.25, 0.3) is 5.91 Å². The number of amides is 1. The van der Waals surface area contributed by atoms with Gasteiger partial charge in [0, 0.05) is 40.4 Å². The molecule has 166 valence electrons. The Bertz CT molecular complexity index is 1150. The van der Waals surface area contributed by atoms with Crippen LogP contribution in [0.5, 0.6) is 0 Å². The van der Waals surface area contributed by atoms with Crippen LogP contribution in [0.25, 0.3) is 11.1 Å². The number of aryl methyl sites for hydroxylation is 2. The summed E-state index contributed by atoms with van der Waals surface area (Å²) in [5.41, 5.74) is 2.66. The molecule has 1 aliphatic heterocycles. The minimum Gasteiger partial charge on any atom is -0.469 e. The van der Waals surface area contributed by atoms with Gasteiger partial charge >= 0.3 is 0 Å². The van der Waals surface area contributed by atoms with Crippen LogP contribution >= 0.6 is 11.6 Å². The van der Waals surface area contributed by atoms with Gasteiger partial charge in [-0.05, 0) is 37.6 Å². The van der Waals surface area contributed by atoms with E-state index in [0.29, 0.717) is 58.6 Å². The number of benzene rings is 1. The number of aromatic nitrogens is 3. The molecule has 0 bridgehead atoms. The van der Waals surface area contributed by atoms with E-state index in [4.69, 9.17) is 11.6 Å². The fourth-order valence-electron chi connectivity index (χ4n) is 3.25. The summed E-state index contributed by atoms with van der Waals surface area (Å²) in [5, 5.41) is 12.9. The molecule has 0 fully saturated rings. The van der Waals surface area contributed by atoms with Crippen LogP contribution in [0.3, 0.4) is 0 Å². The number of halogens is 2. The second kappa shape index (κ2) is 9.74. The normalized spacial score (nSPS) is 13.1. The Balaban J connectivity index is 0.00000272.